The molecule has 11 atom stereocenters. The number of rotatable bonds is 11. The topological polar surface area (TPSA) is 317 Å². The fraction of sp³-hybridized carbons (Fsp3) is 0.700. The molecule has 2 unspecified atom stereocenters. The Morgan fingerprint density at radius 1 is 1.27 bits per heavy atom. The zero-order chi connectivity index (χ0) is 30.9. The van der Waals surface area contributed by atoms with Crippen molar-refractivity contribution in [2.24, 2.45) is 0 Å². The maximum absolute atomic E-state index is 12.8. The van der Waals surface area contributed by atoms with Crippen LogP contribution in [0.4, 0.5) is 0 Å². The van der Waals surface area contributed by atoms with E-state index in [-0.39, 0.29) is 0 Å². The Labute approximate surface area is 228 Å². The van der Waals surface area contributed by atoms with Crippen LogP contribution in [0.1, 0.15) is 19.6 Å². The summed E-state index contributed by atoms with van der Waals surface area (Å²) in [4.78, 5) is 59.2. The van der Waals surface area contributed by atoms with Gasteiger partial charge < -0.3 is 55.4 Å². The molecular weight excluding hydrogens is 585 g/mol. The Morgan fingerprint density at radius 3 is 2.49 bits per heavy atom. The van der Waals surface area contributed by atoms with E-state index in [4.69, 9.17) is 18.5 Å². The Bertz CT molecular complexity index is 1270. The number of H-pyrrole nitrogens is 1. The summed E-state index contributed by atoms with van der Waals surface area (Å²) in [6.45, 7) is -1.09. The zero-order valence-electron chi connectivity index (χ0n) is 21.1. The molecular formula is C20H30N3O17P. The predicted molar refractivity (Wildman–Crippen MR) is 127 cm³/mol. The fourth-order valence-electron chi connectivity index (χ4n) is 4.32. The van der Waals surface area contributed by atoms with Gasteiger partial charge in [0.2, 0.25) is 5.91 Å². The highest BCUT2D eigenvalue weighted by Gasteiger charge is 2.59. The van der Waals surface area contributed by atoms with Crippen LogP contribution >= 0.6 is 7.82 Å². The van der Waals surface area contributed by atoms with Crippen LogP contribution in [0.25, 0.3) is 0 Å². The van der Waals surface area contributed by atoms with Gasteiger partial charge in [0, 0.05) is 25.6 Å². The number of hydrogen-bond donors (Lipinski definition) is 10. The van der Waals surface area contributed by atoms with Gasteiger partial charge in [0.1, 0.15) is 36.6 Å². The SMILES string of the molecule is CC(=O)N[C@H]1[C@H]([C@H](O)[C@H](O)CO)OC(OP(=O)(O)OC[C@H]2O[C@@H](n3ccc(=O)[nH]c3=O)[C@H](O)[C@@H]2O)(C(=O)O)C[C@@H]1O. The highest BCUT2D eigenvalue weighted by Crippen LogP contribution is 2.51. The molecule has 1 aromatic rings. The second-order valence-electron chi connectivity index (χ2n) is 9.30. The van der Waals surface area contributed by atoms with E-state index in [0.717, 1.165) is 23.8 Å². The highest BCUT2D eigenvalue weighted by atomic mass is 31.2. The standard InChI is InChI=1S/C20H30N3O17P/c1-7(25)21-12-8(26)4-20(18(32)33,39-16(12)13(29)9(27)5-24)40-41(35,36)37-6-10-14(30)15(31)17(38-10)23-3-2-11(28)22-19(23)34/h2-3,8-10,12-17,24,26-27,29-31H,4-6H2,1H3,(H,21,25)(H,32,33)(H,35,36)(H,22,28,34)/t8-,9+,10+,12+,13+,14+,15+,16+,17+,20?/m0/s1. The van der Waals surface area contributed by atoms with Gasteiger partial charge in [-0.1, -0.05) is 0 Å². The third-order valence-electron chi connectivity index (χ3n) is 6.31. The summed E-state index contributed by atoms with van der Waals surface area (Å²) in [5.74, 6) is -6.09. The van der Waals surface area contributed by atoms with Gasteiger partial charge in [-0.3, -0.25) is 23.7 Å². The Balaban J connectivity index is 1.79. The number of carbonyl (C=O) groups excluding carboxylic acids is 1. The van der Waals surface area contributed by atoms with Gasteiger partial charge in [-0.2, -0.15) is 0 Å². The Morgan fingerprint density at radius 2 is 1.93 bits per heavy atom. The Kier molecular flexibility index (Phi) is 10.2. The van der Waals surface area contributed by atoms with E-state index in [9.17, 15) is 64.4 Å². The number of aromatic amines is 1. The predicted octanol–water partition coefficient (Wildman–Crippen LogP) is -5.56. The third kappa shape index (κ3) is 7.25. The summed E-state index contributed by atoms with van der Waals surface area (Å²) in [6.07, 6.45) is -15.0. The quantitative estimate of drug-likeness (QED) is 0.104. The molecule has 3 rings (SSSR count). The summed E-state index contributed by atoms with van der Waals surface area (Å²) in [5.41, 5.74) is -1.77. The number of aliphatic hydroxyl groups excluding tert-OH is 6. The third-order valence-corrected chi connectivity index (χ3v) is 7.31. The van der Waals surface area contributed by atoms with Crippen molar-refractivity contribution < 1.29 is 73.3 Å². The number of phosphoric ester groups is 1. The van der Waals surface area contributed by atoms with Gasteiger partial charge >= 0.3 is 19.5 Å². The van der Waals surface area contributed by atoms with Crippen LogP contribution in [-0.4, -0.2) is 130 Å². The molecule has 2 fully saturated rings. The van der Waals surface area contributed by atoms with Gasteiger partial charge in [0.15, 0.2) is 6.23 Å². The lowest BCUT2D eigenvalue weighted by molar-refractivity contribution is -0.289. The number of carbonyl (C=O) groups is 2. The first-order valence-electron chi connectivity index (χ1n) is 11.9. The number of aliphatic hydroxyl groups is 6. The van der Waals surface area contributed by atoms with Crippen LogP contribution in [-0.2, 0) is 32.7 Å². The number of ether oxygens (including phenoxy) is 2. The molecule has 0 aliphatic carbocycles. The number of nitrogens with one attached hydrogen (secondary N) is 2. The molecule has 2 aliphatic heterocycles. The van der Waals surface area contributed by atoms with E-state index in [1.54, 1.807) is 0 Å². The van der Waals surface area contributed by atoms with Crippen molar-refractivity contribution in [3.63, 3.8) is 0 Å². The summed E-state index contributed by atoms with van der Waals surface area (Å²) in [5, 5.41) is 72.6. The van der Waals surface area contributed by atoms with Crippen molar-refractivity contribution in [3.05, 3.63) is 33.1 Å². The molecule has 10 N–H and O–H groups in total. The lowest BCUT2D eigenvalue weighted by Gasteiger charge is -2.46. The summed E-state index contributed by atoms with van der Waals surface area (Å²) in [6, 6.07) is -0.649. The average molecular weight is 615 g/mol. The van der Waals surface area contributed by atoms with E-state index in [2.05, 4.69) is 5.32 Å². The molecule has 21 heteroatoms. The maximum atomic E-state index is 12.8. The smallest absolute Gasteiger partial charge is 0.475 e. The van der Waals surface area contributed by atoms with Crippen molar-refractivity contribution in [3.8, 4) is 0 Å². The van der Waals surface area contributed by atoms with Crippen LogP contribution in [0.15, 0.2) is 21.9 Å². The molecule has 2 aliphatic rings. The van der Waals surface area contributed by atoms with E-state index in [0.29, 0.717) is 0 Å². The van der Waals surface area contributed by atoms with Crippen molar-refractivity contribution in [2.75, 3.05) is 13.2 Å². The number of carboxylic acids is 1. The monoisotopic (exact) mass is 615 g/mol. The normalized spacial score (nSPS) is 34.9. The summed E-state index contributed by atoms with van der Waals surface area (Å²) >= 11 is 0. The van der Waals surface area contributed by atoms with Crippen molar-refractivity contribution in [2.45, 2.75) is 74.1 Å². The molecule has 0 radical (unpaired) electrons. The molecule has 0 spiro atoms. The molecule has 232 valence electrons. The number of phosphoric acid groups is 1. The average Bonchev–Trinajstić information content (AvgIpc) is 3.16. The fourth-order valence-corrected chi connectivity index (χ4v) is 5.28. The van der Waals surface area contributed by atoms with E-state index >= 15 is 0 Å². The van der Waals surface area contributed by atoms with Gasteiger partial charge in [-0.05, 0) is 0 Å². The highest BCUT2D eigenvalue weighted by molar-refractivity contribution is 7.47. The lowest BCUT2D eigenvalue weighted by atomic mass is 9.88. The van der Waals surface area contributed by atoms with Crippen LogP contribution in [0.2, 0.25) is 0 Å². The minimum absolute atomic E-state index is 0.721. The molecule has 0 saturated carbocycles. The van der Waals surface area contributed by atoms with E-state index in [1.807, 2.05) is 4.98 Å². The Hall–Kier alpha value is -2.59. The summed E-state index contributed by atoms with van der Waals surface area (Å²) < 4.78 is 33.5. The van der Waals surface area contributed by atoms with Gasteiger partial charge in [0.25, 0.3) is 11.3 Å². The van der Waals surface area contributed by atoms with Crippen LogP contribution in [0.3, 0.4) is 0 Å². The van der Waals surface area contributed by atoms with Crippen molar-refractivity contribution >= 4 is 19.7 Å². The molecule has 1 aromatic heterocycles. The lowest BCUT2D eigenvalue weighted by Crippen LogP contribution is -2.67. The first kappa shape index (κ1) is 32.9. The number of aromatic nitrogens is 2. The number of nitrogens with zero attached hydrogens (tertiary/aromatic N) is 1. The van der Waals surface area contributed by atoms with E-state index in [1.165, 1.54) is 0 Å². The minimum Gasteiger partial charge on any atom is -0.477 e. The number of hydrogen-bond acceptors (Lipinski definition) is 15. The molecule has 20 nitrogen and oxygen atoms in total. The van der Waals surface area contributed by atoms with Crippen LogP contribution in [0, 0.1) is 0 Å². The van der Waals surface area contributed by atoms with Crippen LogP contribution in [0.5, 0.6) is 0 Å². The van der Waals surface area contributed by atoms with Crippen molar-refractivity contribution in [1.29, 1.82) is 0 Å². The number of amides is 1. The van der Waals surface area contributed by atoms with E-state index < -0.39 is 111 Å². The minimum atomic E-state index is -5.53. The van der Waals surface area contributed by atoms with Gasteiger partial charge in [-0.25, -0.2) is 18.7 Å². The largest absolute Gasteiger partial charge is 0.477 e. The van der Waals surface area contributed by atoms with Gasteiger partial charge in [0.05, 0.1) is 25.4 Å². The first-order valence-corrected chi connectivity index (χ1v) is 13.4. The number of aliphatic carboxylic acids is 1. The number of carboxylic acid groups (broad SMARTS) is 1. The van der Waals surface area contributed by atoms with Crippen LogP contribution < -0.4 is 16.6 Å². The molecule has 1 amide bonds. The molecule has 2 saturated heterocycles. The second-order valence-corrected chi connectivity index (χ2v) is 10.7. The van der Waals surface area contributed by atoms with Gasteiger partial charge in [-0.15, -0.1) is 0 Å². The maximum Gasteiger partial charge on any atom is 0.475 e. The molecule has 0 bridgehead atoms. The zero-order valence-corrected chi connectivity index (χ0v) is 22.0. The molecule has 3 heterocycles. The summed E-state index contributed by atoms with van der Waals surface area (Å²) in [7, 11) is -5.53. The first-order chi connectivity index (χ1) is 19.0. The van der Waals surface area contributed by atoms with Crippen molar-refractivity contribution in [1.82, 2.24) is 14.9 Å². The molecule has 0 aromatic carbocycles. The second kappa shape index (κ2) is 12.7. The molecule has 41 heavy (non-hydrogen) atoms.